The number of hydrogen-bond acceptors (Lipinski definition) is 5. The molecule has 0 heterocycles. The maximum atomic E-state index is 11.7. The monoisotopic (exact) mass is 359 g/mol. The third kappa shape index (κ3) is 7.32. The van der Waals surface area contributed by atoms with Crippen molar-refractivity contribution in [3.63, 3.8) is 0 Å². The highest BCUT2D eigenvalue weighted by atomic mass is 32.1. The predicted octanol–water partition coefficient (Wildman–Crippen LogP) is 1.17. The quantitative estimate of drug-likeness (QED) is 0.530. The van der Waals surface area contributed by atoms with Gasteiger partial charge in [-0.3, -0.25) is 25.8 Å². The van der Waals surface area contributed by atoms with Crippen molar-refractivity contribution in [3.8, 4) is 11.5 Å². The molecule has 2 aromatic carbocycles. The molecule has 0 saturated carbocycles. The molecule has 0 saturated heterocycles. The summed E-state index contributed by atoms with van der Waals surface area (Å²) in [5.41, 5.74) is 4.73. The molecule has 0 bridgehead atoms. The molecule has 0 fully saturated rings. The molecule has 2 aromatic rings. The molecular formula is C17H17N3O4S. The highest BCUT2D eigenvalue weighted by Gasteiger charge is 2.07. The maximum Gasteiger partial charge on any atom is 0.276 e. The second-order valence-electron chi connectivity index (χ2n) is 4.75. The molecule has 3 N–H and O–H groups in total. The lowest BCUT2D eigenvalue weighted by molar-refractivity contribution is -0.124. The van der Waals surface area contributed by atoms with Gasteiger partial charge in [0.25, 0.3) is 11.8 Å². The van der Waals surface area contributed by atoms with Crippen molar-refractivity contribution in [2.75, 3.05) is 13.2 Å². The summed E-state index contributed by atoms with van der Waals surface area (Å²) >= 11 is 4.90. The highest BCUT2D eigenvalue weighted by Crippen LogP contribution is 2.08. The number of nitrogens with one attached hydrogen (secondary N) is 3. The molecule has 0 aliphatic rings. The number of rotatable bonds is 6. The Morgan fingerprint density at radius 1 is 0.760 bits per heavy atom. The van der Waals surface area contributed by atoms with Gasteiger partial charge < -0.3 is 9.47 Å². The topological polar surface area (TPSA) is 88.7 Å². The van der Waals surface area contributed by atoms with Crippen LogP contribution in [0.3, 0.4) is 0 Å². The second-order valence-corrected chi connectivity index (χ2v) is 5.16. The fraction of sp³-hybridized carbons (Fsp3) is 0.118. The van der Waals surface area contributed by atoms with E-state index in [0.717, 1.165) is 0 Å². The summed E-state index contributed by atoms with van der Waals surface area (Å²) in [5.74, 6) is 0.256. The van der Waals surface area contributed by atoms with Crippen LogP contribution < -0.4 is 25.6 Å². The summed E-state index contributed by atoms with van der Waals surface area (Å²) in [6.45, 7) is -0.387. The molecule has 8 heteroatoms. The van der Waals surface area contributed by atoms with Crippen molar-refractivity contribution in [1.29, 1.82) is 0 Å². The fourth-order valence-electron chi connectivity index (χ4n) is 1.69. The van der Waals surface area contributed by atoms with Gasteiger partial charge >= 0.3 is 0 Å². The average Bonchev–Trinajstić information content (AvgIpc) is 2.65. The minimum Gasteiger partial charge on any atom is -0.484 e. The van der Waals surface area contributed by atoms with E-state index in [0.29, 0.717) is 11.5 Å². The number of carbonyl (C=O) groups is 2. The van der Waals surface area contributed by atoms with Crippen LogP contribution in [0.5, 0.6) is 11.5 Å². The van der Waals surface area contributed by atoms with Crippen molar-refractivity contribution in [1.82, 2.24) is 16.2 Å². The van der Waals surface area contributed by atoms with Crippen LogP contribution in [-0.4, -0.2) is 30.1 Å². The van der Waals surface area contributed by atoms with E-state index in [1.807, 2.05) is 12.1 Å². The van der Waals surface area contributed by atoms with Crippen LogP contribution in [0.2, 0.25) is 0 Å². The van der Waals surface area contributed by atoms with Gasteiger partial charge in [-0.2, -0.15) is 0 Å². The van der Waals surface area contributed by atoms with E-state index in [2.05, 4.69) is 16.2 Å². The first-order valence-electron chi connectivity index (χ1n) is 7.38. The van der Waals surface area contributed by atoms with Gasteiger partial charge in [-0.15, -0.1) is 0 Å². The number of hydrazine groups is 1. The van der Waals surface area contributed by atoms with Crippen LogP contribution in [-0.2, 0) is 9.59 Å². The van der Waals surface area contributed by atoms with E-state index in [1.54, 1.807) is 48.5 Å². The van der Waals surface area contributed by atoms with Gasteiger partial charge in [0.1, 0.15) is 11.5 Å². The number of amides is 2. The van der Waals surface area contributed by atoms with E-state index in [9.17, 15) is 9.59 Å². The van der Waals surface area contributed by atoms with Crippen LogP contribution in [0.25, 0.3) is 0 Å². The van der Waals surface area contributed by atoms with E-state index in [-0.39, 0.29) is 18.3 Å². The average molecular weight is 359 g/mol. The SMILES string of the molecule is O=C(COc1ccccc1)NNC(=S)NC(=O)COc1ccccc1. The van der Waals surface area contributed by atoms with Crippen LogP contribution >= 0.6 is 12.2 Å². The molecule has 0 aliphatic carbocycles. The van der Waals surface area contributed by atoms with E-state index >= 15 is 0 Å². The summed E-state index contributed by atoms with van der Waals surface area (Å²) < 4.78 is 10.5. The van der Waals surface area contributed by atoms with Crippen molar-refractivity contribution in [2.45, 2.75) is 0 Å². The lowest BCUT2D eigenvalue weighted by Gasteiger charge is -2.11. The smallest absolute Gasteiger partial charge is 0.276 e. The molecule has 0 radical (unpaired) electrons. The lowest BCUT2D eigenvalue weighted by Crippen LogP contribution is -2.50. The molecule has 130 valence electrons. The minimum absolute atomic E-state index is 0.0466. The zero-order valence-corrected chi connectivity index (χ0v) is 14.0. The van der Waals surface area contributed by atoms with Crippen molar-refractivity contribution >= 4 is 29.1 Å². The maximum absolute atomic E-state index is 11.7. The summed E-state index contributed by atoms with van der Waals surface area (Å²) in [6, 6.07) is 17.8. The van der Waals surface area contributed by atoms with E-state index in [1.165, 1.54) is 0 Å². The summed E-state index contributed by atoms with van der Waals surface area (Å²) in [7, 11) is 0. The fourth-order valence-corrected chi connectivity index (χ4v) is 1.85. The highest BCUT2D eigenvalue weighted by molar-refractivity contribution is 7.80. The third-order valence-corrected chi connectivity index (χ3v) is 3.00. The molecule has 0 aromatic heterocycles. The van der Waals surface area contributed by atoms with Crippen LogP contribution in [0.15, 0.2) is 60.7 Å². The van der Waals surface area contributed by atoms with Gasteiger partial charge in [0.15, 0.2) is 18.3 Å². The Bertz CT molecular complexity index is 710. The number of hydrogen-bond donors (Lipinski definition) is 3. The lowest BCUT2D eigenvalue weighted by atomic mass is 10.3. The Balaban J connectivity index is 1.61. The summed E-state index contributed by atoms with van der Waals surface area (Å²) in [5, 5.41) is 2.33. The first-order chi connectivity index (χ1) is 12.1. The number of thiocarbonyl (C=S) groups is 1. The Morgan fingerprint density at radius 2 is 1.24 bits per heavy atom. The molecule has 2 amide bonds. The van der Waals surface area contributed by atoms with Gasteiger partial charge in [-0.25, -0.2) is 0 Å². The van der Waals surface area contributed by atoms with E-state index < -0.39 is 11.8 Å². The van der Waals surface area contributed by atoms with Gasteiger partial charge in [0.2, 0.25) is 0 Å². The van der Waals surface area contributed by atoms with Gasteiger partial charge in [0, 0.05) is 0 Å². The molecule has 0 aliphatic heterocycles. The normalized spacial score (nSPS) is 9.60. The first kappa shape index (κ1) is 18.2. The zero-order valence-electron chi connectivity index (χ0n) is 13.2. The van der Waals surface area contributed by atoms with Crippen molar-refractivity contribution < 1.29 is 19.1 Å². The van der Waals surface area contributed by atoms with Crippen molar-refractivity contribution in [2.24, 2.45) is 0 Å². The van der Waals surface area contributed by atoms with E-state index in [4.69, 9.17) is 21.7 Å². The van der Waals surface area contributed by atoms with Crippen molar-refractivity contribution in [3.05, 3.63) is 60.7 Å². The van der Waals surface area contributed by atoms with Crippen LogP contribution in [0.1, 0.15) is 0 Å². The molecule has 0 unspecified atom stereocenters. The standard InChI is InChI=1S/C17H17N3O4S/c21-15(11-23-13-7-3-1-4-8-13)18-17(25)20-19-16(22)12-24-14-9-5-2-6-10-14/h1-10H,11-12H2,(H,19,22)(H2,18,20,21,25). The van der Waals surface area contributed by atoms with Crippen LogP contribution in [0, 0.1) is 0 Å². The molecule has 7 nitrogen and oxygen atoms in total. The Hall–Kier alpha value is -3.13. The minimum atomic E-state index is -0.448. The van der Waals surface area contributed by atoms with Crippen LogP contribution in [0.4, 0.5) is 0 Å². The molecule has 0 atom stereocenters. The summed E-state index contributed by atoms with van der Waals surface area (Å²) in [4.78, 5) is 23.3. The first-order valence-corrected chi connectivity index (χ1v) is 7.78. The molecule has 25 heavy (non-hydrogen) atoms. The summed E-state index contributed by atoms with van der Waals surface area (Å²) in [6.07, 6.45) is 0. The molecular weight excluding hydrogens is 342 g/mol. The number of benzene rings is 2. The number of carbonyl (C=O) groups excluding carboxylic acids is 2. The predicted molar refractivity (Wildman–Crippen MR) is 95.9 cm³/mol. The largest absolute Gasteiger partial charge is 0.484 e. The molecule has 0 spiro atoms. The zero-order chi connectivity index (χ0) is 17.9. The van der Waals surface area contributed by atoms with Gasteiger partial charge in [-0.1, -0.05) is 36.4 Å². The Morgan fingerprint density at radius 3 is 1.76 bits per heavy atom. The second kappa shape index (κ2) is 9.89. The third-order valence-electron chi connectivity index (χ3n) is 2.79. The van der Waals surface area contributed by atoms with Gasteiger partial charge in [0.05, 0.1) is 0 Å². The van der Waals surface area contributed by atoms with Gasteiger partial charge in [-0.05, 0) is 36.5 Å². The molecule has 2 rings (SSSR count). The Labute approximate surface area is 150 Å². The number of para-hydroxylation sites is 2. The Kier molecular flexibility index (Phi) is 7.20. The number of ether oxygens (including phenoxy) is 2.